The standard InChI is InChI=1S/C6H13NO3S/c1-5(8)7-6-2-3-11(9,10)4-6/h6,9-10H,2-4H2,1H3,(H,7,8). The zero-order valence-corrected chi connectivity index (χ0v) is 7.23. The molecule has 1 saturated heterocycles. The molecule has 0 aromatic carbocycles. The van der Waals surface area contributed by atoms with Crippen LogP contribution in [0.2, 0.25) is 0 Å². The molecule has 1 unspecified atom stereocenters. The molecule has 1 fully saturated rings. The minimum absolute atomic E-state index is 0.0301. The van der Waals surface area contributed by atoms with Crippen LogP contribution in [0.25, 0.3) is 0 Å². The van der Waals surface area contributed by atoms with E-state index in [9.17, 15) is 4.79 Å². The van der Waals surface area contributed by atoms with E-state index < -0.39 is 10.6 Å². The van der Waals surface area contributed by atoms with Gasteiger partial charge < -0.3 is 5.32 Å². The highest BCUT2D eigenvalue weighted by atomic mass is 32.3. The normalized spacial score (nSPS) is 31.4. The Labute approximate surface area is 67.3 Å². The lowest BCUT2D eigenvalue weighted by Crippen LogP contribution is -2.33. The van der Waals surface area contributed by atoms with Gasteiger partial charge in [-0.3, -0.25) is 13.9 Å². The van der Waals surface area contributed by atoms with Crippen molar-refractivity contribution in [1.29, 1.82) is 0 Å². The maximum absolute atomic E-state index is 10.5. The third-order valence-electron chi connectivity index (χ3n) is 1.67. The Balaban J connectivity index is 2.36. The summed E-state index contributed by atoms with van der Waals surface area (Å²) in [7, 11) is -2.36. The van der Waals surface area contributed by atoms with Gasteiger partial charge in [0.1, 0.15) is 0 Å². The summed E-state index contributed by atoms with van der Waals surface area (Å²) in [5, 5.41) is 2.66. The summed E-state index contributed by atoms with van der Waals surface area (Å²) in [6.45, 7) is 1.43. The molecular formula is C6H13NO3S. The van der Waals surface area contributed by atoms with Crippen LogP contribution in [0.5, 0.6) is 0 Å². The second-order valence-corrected chi connectivity index (χ2v) is 5.21. The SMILES string of the molecule is CC(=O)NC1CCS(O)(O)C1. The third kappa shape index (κ3) is 2.69. The Morgan fingerprint density at radius 2 is 2.27 bits per heavy atom. The first kappa shape index (κ1) is 8.83. The van der Waals surface area contributed by atoms with Crippen molar-refractivity contribution in [3.63, 3.8) is 0 Å². The van der Waals surface area contributed by atoms with E-state index in [1.165, 1.54) is 6.92 Å². The fourth-order valence-corrected chi connectivity index (χ4v) is 2.94. The van der Waals surface area contributed by atoms with Crippen LogP contribution < -0.4 is 5.32 Å². The summed E-state index contributed by atoms with van der Waals surface area (Å²) in [5.74, 6) is 0.650. The highest BCUT2D eigenvalue weighted by molar-refractivity contribution is 8.24. The molecule has 0 bridgehead atoms. The van der Waals surface area contributed by atoms with Gasteiger partial charge in [-0.1, -0.05) is 0 Å². The van der Waals surface area contributed by atoms with Crippen molar-refractivity contribution < 1.29 is 13.9 Å². The van der Waals surface area contributed by atoms with E-state index in [0.29, 0.717) is 17.9 Å². The summed E-state index contributed by atoms with van der Waals surface area (Å²) in [4.78, 5) is 10.5. The first-order valence-corrected chi connectivity index (χ1v) is 5.39. The minimum Gasteiger partial charge on any atom is -0.352 e. The van der Waals surface area contributed by atoms with Crippen LogP contribution in [0, 0.1) is 0 Å². The second-order valence-electron chi connectivity index (χ2n) is 2.86. The quantitative estimate of drug-likeness (QED) is 0.553. The van der Waals surface area contributed by atoms with Crippen molar-refractivity contribution in [3.8, 4) is 0 Å². The van der Waals surface area contributed by atoms with E-state index in [2.05, 4.69) is 5.32 Å². The molecule has 0 radical (unpaired) electrons. The molecule has 1 amide bonds. The lowest BCUT2D eigenvalue weighted by Gasteiger charge is -2.25. The van der Waals surface area contributed by atoms with Gasteiger partial charge in [-0.05, 0) is 6.42 Å². The highest BCUT2D eigenvalue weighted by Gasteiger charge is 2.28. The molecular weight excluding hydrogens is 166 g/mol. The molecule has 0 aliphatic carbocycles. The molecule has 1 atom stereocenters. The van der Waals surface area contributed by atoms with Crippen molar-refractivity contribution in [2.45, 2.75) is 19.4 Å². The van der Waals surface area contributed by atoms with E-state index >= 15 is 0 Å². The highest BCUT2D eigenvalue weighted by Crippen LogP contribution is 2.45. The fourth-order valence-electron chi connectivity index (χ4n) is 1.22. The monoisotopic (exact) mass is 179 g/mol. The molecule has 3 N–H and O–H groups in total. The van der Waals surface area contributed by atoms with E-state index in [0.717, 1.165) is 0 Å². The third-order valence-corrected chi connectivity index (χ3v) is 3.49. The van der Waals surface area contributed by atoms with Gasteiger partial charge in [-0.2, -0.15) is 10.6 Å². The summed E-state index contributed by atoms with van der Waals surface area (Å²) in [6.07, 6.45) is 0.682. The van der Waals surface area contributed by atoms with Crippen LogP contribution in [-0.4, -0.2) is 32.6 Å². The summed E-state index contributed by atoms with van der Waals surface area (Å²) in [5.41, 5.74) is 0. The minimum atomic E-state index is -2.36. The predicted octanol–water partition coefficient (Wildman–Crippen LogP) is 0.645. The van der Waals surface area contributed by atoms with Crippen molar-refractivity contribution in [3.05, 3.63) is 0 Å². The van der Waals surface area contributed by atoms with Gasteiger partial charge in [0.15, 0.2) is 0 Å². The Bertz CT molecular complexity index is 171. The number of amides is 1. The Hall–Kier alpha value is -0.260. The van der Waals surface area contributed by atoms with Gasteiger partial charge in [-0.15, -0.1) is 0 Å². The number of carbonyl (C=O) groups is 1. The average molecular weight is 179 g/mol. The van der Waals surface area contributed by atoms with E-state index in [1.807, 2.05) is 0 Å². The average Bonchev–Trinajstić information content (AvgIpc) is 2.08. The molecule has 66 valence electrons. The van der Waals surface area contributed by atoms with Crippen molar-refractivity contribution in [2.75, 3.05) is 11.5 Å². The predicted molar refractivity (Wildman–Crippen MR) is 44.8 cm³/mol. The number of nitrogens with one attached hydrogen (secondary N) is 1. The van der Waals surface area contributed by atoms with Crippen molar-refractivity contribution >= 4 is 16.5 Å². The topological polar surface area (TPSA) is 69.6 Å². The van der Waals surface area contributed by atoms with Crippen LogP contribution in [-0.2, 0) is 4.79 Å². The van der Waals surface area contributed by atoms with Gasteiger partial charge in [0.25, 0.3) is 0 Å². The maximum atomic E-state index is 10.5. The van der Waals surface area contributed by atoms with E-state index in [4.69, 9.17) is 9.11 Å². The zero-order chi connectivity index (χ0) is 8.48. The molecule has 0 aromatic rings. The Kier molecular flexibility index (Phi) is 2.41. The smallest absolute Gasteiger partial charge is 0.217 e. The van der Waals surface area contributed by atoms with E-state index in [-0.39, 0.29) is 11.9 Å². The Morgan fingerprint density at radius 1 is 1.64 bits per heavy atom. The second kappa shape index (κ2) is 3.00. The molecule has 11 heavy (non-hydrogen) atoms. The molecule has 0 aromatic heterocycles. The molecule has 1 aliphatic rings. The fraction of sp³-hybridized carbons (Fsp3) is 0.833. The number of carbonyl (C=O) groups excluding carboxylic acids is 1. The summed E-state index contributed by atoms with van der Waals surface area (Å²) >= 11 is 0. The maximum Gasteiger partial charge on any atom is 0.217 e. The lowest BCUT2D eigenvalue weighted by atomic mass is 10.3. The first-order chi connectivity index (χ1) is 4.99. The van der Waals surface area contributed by atoms with Gasteiger partial charge in [0.05, 0.1) is 5.75 Å². The largest absolute Gasteiger partial charge is 0.352 e. The van der Waals surface area contributed by atoms with Crippen molar-refractivity contribution in [2.24, 2.45) is 0 Å². The van der Waals surface area contributed by atoms with Gasteiger partial charge in [-0.25, -0.2) is 0 Å². The van der Waals surface area contributed by atoms with Crippen LogP contribution in [0.15, 0.2) is 0 Å². The zero-order valence-electron chi connectivity index (χ0n) is 6.41. The lowest BCUT2D eigenvalue weighted by molar-refractivity contribution is -0.119. The first-order valence-electron chi connectivity index (χ1n) is 3.50. The Morgan fingerprint density at radius 3 is 2.64 bits per heavy atom. The molecule has 1 rings (SSSR count). The van der Waals surface area contributed by atoms with E-state index in [1.54, 1.807) is 0 Å². The molecule has 4 nitrogen and oxygen atoms in total. The van der Waals surface area contributed by atoms with Crippen LogP contribution in [0.1, 0.15) is 13.3 Å². The number of rotatable bonds is 1. The molecule has 1 heterocycles. The molecule has 0 saturated carbocycles. The number of hydrogen-bond acceptors (Lipinski definition) is 3. The number of hydrogen-bond donors (Lipinski definition) is 3. The van der Waals surface area contributed by atoms with Crippen LogP contribution in [0.3, 0.4) is 0 Å². The van der Waals surface area contributed by atoms with Gasteiger partial charge in [0, 0.05) is 18.7 Å². The molecule has 1 aliphatic heterocycles. The van der Waals surface area contributed by atoms with Crippen molar-refractivity contribution in [1.82, 2.24) is 5.32 Å². The van der Waals surface area contributed by atoms with Crippen LogP contribution in [0.4, 0.5) is 0 Å². The molecule has 0 spiro atoms. The van der Waals surface area contributed by atoms with Gasteiger partial charge in [0.2, 0.25) is 5.91 Å². The van der Waals surface area contributed by atoms with Crippen LogP contribution >= 0.6 is 10.6 Å². The van der Waals surface area contributed by atoms with Gasteiger partial charge >= 0.3 is 0 Å². The molecule has 5 heteroatoms. The summed E-state index contributed by atoms with van der Waals surface area (Å²) < 4.78 is 18.3. The summed E-state index contributed by atoms with van der Waals surface area (Å²) in [6, 6.07) is -0.0301.